The standard InChI is InChI=1S/C11H17NO2.BrH.Mg/c1-10(2)7-3-4-8(5-7)11(10)6-14-9(13)12-11;;/h7-8H,3-6H2,1-2H3,(H,12,13);1H;/q;;+2/p-2/t7-,8+,11-;;/m0../s1. The molecule has 3 rings (SSSR count). The van der Waals surface area contributed by atoms with Gasteiger partial charge in [0.25, 0.3) is 0 Å². The molecule has 2 saturated carbocycles. The van der Waals surface area contributed by atoms with Crippen molar-refractivity contribution in [3.8, 4) is 0 Å². The number of hydrogen-bond donors (Lipinski definition) is 0. The molecule has 3 aliphatic rings. The first-order chi connectivity index (χ1) is 6.56. The Morgan fingerprint density at radius 3 is 2.38 bits per heavy atom. The number of fused-ring (bicyclic) bond motifs is 3. The van der Waals surface area contributed by atoms with Gasteiger partial charge in [-0.05, 0) is 30.1 Å². The van der Waals surface area contributed by atoms with Crippen molar-refractivity contribution in [2.24, 2.45) is 17.3 Å². The first kappa shape index (κ1) is 14.6. The second-order valence-corrected chi connectivity index (χ2v) is 5.52. The smallest absolute Gasteiger partial charge is 1.00 e. The van der Waals surface area contributed by atoms with Crippen LogP contribution in [0.5, 0.6) is 0 Å². The number of carbonyl (C=O) groups excluding carboxylic acids is 1. The second-order valence-electron chi connectivity index (χ2n) is 5.52. The molecule has 1 amide bonds. The number of halogens is 1. The van der Waals surface area contributed by atoms with E-state index in [9.17, 15) is 4.79 Å². The fourth-order valence-electron chi connectivity index (χ4n) is 3.89. The molecular weight excluding hydrogens is 282 g/mol. The Morgan fingerprint density at radius 1 is 1.31 bits per heavy atom. The third-order valence-corrected chi connectivity index (χ3v) is 4.95. The van der Waals surface area contributed by atoms with Gasteiger partial charge in [-0.1, -0.05) is 25.8 Å². The van der Waals surface area contributed by atoms with Crippen LogP contribution in [0.3, 0.4) is 0 Å². The van der Waals surface area contributed by atoms with Gasteiger partial charge >= 0.3 is 23.1 Å². The molecular formula is C11H16BrMgNO2. The summed E-state index contributed by atoms with van der Waals surface area (Å²) in [5.41, 5.74) is -0.0188. The minimum atomic E-state index is -0.342. The molecule has 0 aromatic rings. The molecule has 2 aliphatic carbocycles. The van der Waals surface area contributed by atoms with Crippen LogP contribution in [0.1, 0.15) is 33.1 Å². The number of nitrogens with zero attached hydrogens (tertiary/aromatic N) is 1. The second kappa shape index (κ2) is 4.32. The van der Waals surface area contributed by atoms with Crippen LogP contribution < -0.4 is 17.0 Å². The maximum Gasteiger partial charge on any atom is 2.00 e. The van der Waals surface area contributed by atoms with Gasteiger partial charge in [0.15, 0.2) is 0 Å². The van der Waals surface area contributed by atoms with E-state index in [1.807, 2.05) is 0 Å². The van der Waals surface area contributed by atoms with Gasteiger partial charge < -0.3 is 27.0 Å². The largest absolute Gasteiger partial charge is 2.00 e. The van der Waals surface area contributed by atoms with E-state index < -0.39 is 0 Å². The van der Waals surface area contributed by atoms with Crippen molar-refractivity contribution >= 4 is 29.1 Å². The van der Waals surface area contributed by atoms with Crippen LogP contribution in [0.15, 0.2) is 0 Å². The Morgan fingerprint density at radius 2 is 1.94 bits per heavy atom. The zero-order valence-electron chi connectivity index (χ0n) is 9.83. The van der Waals surface area contributed by atoms with E-state index >= 15 is 0 Å². The van der Waals surface area contributed by atoms with Gasteiger partial charge in [0.05, 0.1) is 6.61 Å². The summed E-state index contributed by atoms with van der Waals surface area (Å²) in [7, 11) is 0. The Labute approximate surface area is 123 Å². The molecule has 2 bridgehead atoms. The number of rotatable bonds is 0. The summed E-state index contributed by atoms with van der Waals surface area (Å²) in [5.74, 6) is 1.33. The normalized spacial score (nSPS) is 42.2. The van der Waals surface area contributed by atoms with Gasteiger partial charge in [-0.2, -0.15) is 0 Å². The summed E-state index contributed by atoms with van der Waals surface area (Å²) in [5, 5.41) is 4.29. The van der Waals surface area contributed by atoms with Crippen LogP contribution in [0, 0.1) is 17.3 Å². The SMILES string of the molecule is CC1(C)[C@H]2CC[C@H](C2)[C@@]12COC(=O)[N-]2.[Br-].[Mg+2]. The van der Waals surface area contributed by atoms with E-state index in [0.717, 1.165) is 5.92 Å². The molecule has 0 aromatic heterocycles. The van der Waals surface area contributed by atoms with Gasteiger partial charge in [-0.25, -0.2) is 0 Å². The zero-order valence-corrected chi connectivity index (χ0v) is 12.8. The van der Waals surface area contributed by atoms with Crippen LogP contribution in [-0.4, -0.2) is 41.3 Å². The number of ether oxygens (including phenoxy) is 1. The third kappa shape index (κ3) is 1.54. The summed E-state index contributed by atoms with van der Waals surface area (Å²) < 4.78 is 5.07. The van der Waals surface area contributed by atoms with Crippen molar-refractivity contribution in [2.45, 2.75) is 38.6 Å². The molecule has 3 nitrogen and oxygen atoms in total. The molecule has 3 fully saturated rings. The molecule has 0 N–H and O–H groups in total. The Bertz CT molecular complexity index is 310. The topological polar surface area (TPSA) is 40.4 Å². The van der Waals surface area contributed by atoms with Gasteiger partial charge in [0.1, 0.15) is 0 Å². The van der Waals surface area contributed by atoms with E-state index in [0.29, 0.717) is 12.5 Å². The van der Waals surface area contributed by atoms with Crippen LogP contribution in [-0.2, 0) is 4.74 Å². The summed E-state index contributed by atoms with van der Waals surface area (Å²) in [4.78, 5) is 11.2. The van der Waals surface area contributed by atoms with Crippen molar-refractivity contribution in [3.05, 3.63) is 5.32 Å². The fraction of sp³-hybridized carbons (Fsp3) is 0.909. The van der Waals surface area contributed by atoms with Gasteiger partial charge in [-0.15, -0.1) is 0 Å². The quantitative estimate of drug-likeness (QED) is 0.557. The van der Waals surface area contributed by atoms with Crippen LogP contribution in [0.25, 0.3) is 5.32 Å². The zero-order chi connectivity index (χ0) is 9.97. The minimum absolute atomic E-state index is 0. The third-order valence-electron chi connectivity index (χ3n) is 4.95. The summed E-state index contributed by atoms with van der Waals surface area (Å²) in [6.07, 6.45) is 3.44. The van der Waals surface area contributed by atoms with E-state index in [1.165, 1.54) is 19.3 Å². The Balaban J connectivity index is 0.000000640. The van der Waals surface area contributed by atoms with E-state index in [-0.39, 0.29) is 57.1 Å². The molecule has 1 saturated heterocycles. The number of amides is 1. The van der Waals surface area contributed by atoms with E-state index in [1.54, 1.807) is 0 Å². The van der Waals surface area contributed by atoms with E-state index in [4.69, 9.17) is 4.74 Å². The van der Waals surface area contributed by atoms with Gasteiger partial charge in [0, 0.05) is 0 Å². The van der Waals surface area contributed by atoms with Crippen molar-refractivity contribution in [1.82, 2.24) is 0 Å². The average molecular weight is 298 g/mol. The first-order valence-corrected chi connectivity index (χ1v) is 5.46. The maximum absolute atomic E-state index is 11.2. The number of cyclic esters (lactones) is 1. The summed E-state index contributed by atoms with van der Waals surface area (Å²) in [6.45, 7) is 5.03. The summed E-state index contributed by atoms with van der Waals surface area (Å²) >= 11 is 0. The molecule has 1 heterocycles. The van der Waals surface area contributed by atoms with Gasteiger partial charge in [-0.3, -0.25) is 4.79 Å². The fourth-order valence-corrected chi connectivity index (χ4v) is 3.89. The van der Waals surface area contributed by atoms with Gasteiger partial charge in [0.2, 0.25) is 6.09 Å². The summed E-state index contributed by atoms with van der Waals surface area (Å²) in [6, 6.07) is 0. The Hall–Kier alpha value is 0.516. The van der Waals surface area contributed by atoms with Crippen LogP contribution >= 0.6 is 0 Å². The van der Waals surface area contributed by atoms with Crippen molar-refractivity contribution in [3.63, 3.8) is 0 Å². The van der Waals surface area contributed by atoms with Crippen molar-refractivity contribution in [1.29, 1.82) is 0 Å². The molecule has 0 unspecified atom stereocenters. The number of carbonyl (C=O) groups is 1. The average Bonchev–Trinajstić information content (AvgIpc) is 2.72. The van der Waals surface area contributed by atoms with Crippen molar-refractivity contribution < 1.29 is 26.5 Å². The molecule has 1 spiro atoms. The number of hydrogen-bond acceptors (Lipinski definition) is 2. The first-order valence-electron chi connectivity index (χ1n) is 5.46. The molecule has 0 radical (unpaired) electrons. The monoisotopic (exact) mass is 297 g/mol. The molecule has 0 aromatic carbocycles. The maximum atomic E-state index is 11.2. The van der Waals surface area contributed by atoms with E-state index in [2.05, 4.69) is 19.2 Å². The molecule has 1 aliphatic heterocycles. The van der Waals surface area contributed by atoms with Crippen molar-refractivity contribution in [2.75, 3.05) is 6.61 Å². The predicted molar refractivity (Wildman–Crippen MR) is 57.8 cm³/mol. The molecule has 3 atom stereocenters. The van der Waals surface area contributed by atoms with Crippen LogP contribution in [0.4, 0.5) is 4.79 Å². The van der Waals surface area contributed by atoms with Crippen LogP contribution in [0.2, 0.25) is 0 Å². The molecule has 16 heavy (non-hydrogen) atoms. The predicted octanol–water partition coefficient (Wildman–Crippen LogP) is -0.672. The Kier molecular flexibility index (Phi) is 3.93. The minimum Gasteiger partial charge on any atom is -1.00 e. The molecule has 5 heteroatoms. The molecule has 86 valence electrons.